The van der Waals surface area contributed by atoms with Gasteiger partial charge >= 0.3 is 5.97 Å². The molecule has 0 aliphatic heterocycles. The number of hydrogen-bond acceptors (Lipinski definition) is 5. The first kappa shape index (κ1) is 21.0. The lowest BCUT2D eigenvalue weighted by Crippen LogP contribution is -2.41. The lowest BCUT2D eigenvalue weighted by atomic mass is 9.69. The number of carbonyl (C=O) groups excluding carboxylic acids is 1. The molecule has 1 aromatic heterocycles. The van der Waals surface area contributed by atoms with Gasteiger partial charge in [-0.05, 0) is 70.6 Å². The van der Waals surface area contributed by atoms with E-state index in [0.29, 0.717) is 25.0 Å². The maximum atomic E-state index is 12.9. The van der Waals surface area contributed by atoms with E-state index in [1.54, 1.807) is 6.07 Å². The van der Waals surface area contributed by atoms with E-state index < -0.39 is 11.2 Å². The maximum Gasteiger partial charge on any atom is 0.310 e. The summed E-state index contributed by atoms with van der Waals surface area (Å²) in [7, 11) is 0. The number of nitrogens with zero attached hydrogens (tertiary/aromatic N) is 2. The van der Waals surface area contributed by atoms with Gasteiger partial charge in [0.05, 0.1) is 11.6 Å². The average molecular weight is 392 g/mol. The molecule has 0 radical (unpaired) electrons. The highest BCUT2D eigenvalue weighted by molar-refractivity contribution is 5.74. The Morgan fingerprint density at radius 1 is 1.17 bits per heavy atom. The number of rotatable bonds is 2. The van der Waals surface area contributed by atoms with Crippen molar-refractivity contribution < 1.29 is 14.6 Å². The summed E-state index contributed by atoms with van der Waals surface area (Å²) in [6.45, 7) is 7.47. The van der Waals surface area contributed by atoms with E-state index >= 15 is 0 Å². The van der Waals surface area contributed by atoms with Crippen molar-refractivity contribution in [1.82, 2.24) is 10.2 Å². The van der Waals surface area contributed by atoms with Gasteiger partial charge in [0, 0.05) is 5.92 Å². The number of carbonyl (C=O) groups is 1. The number of aryl methyl sites for hydroxylation is 1. The standard InChI is InChI=1S/C24H28N2O3/c1-17-10-11-19(26-25-17)12-14-24(28)15-13-20(22(27)29-23(2,3)4)21(16-24)18-8-6-5-7-9-18/h5-11,20-21,28H,13,15-16H2,1-4H3/t20-,21+,24?/m1/s1. The smallest absolute Gasteiger partial charge is 0.310 e. The molecule has 1 unspecified atom stereocenters. The van der Waals surface area contributed by atoms with Gasteiger partial charge in [0.25, 0.3) is 0 Å². The summed E-state index contributed by atoms with van der Waals surface area (Å²) in [5, 5.41) is 19.2. The second-order valence-electron chi connectivity index (χ2n) is 8.74. The monoisotopic (exact) mass is 392 g/mol. The zero-order chi connectivity index (χ0) is 21.1. The van der Waals surface area contributed by atoms with Gasteiger partial charge in [0.15, 0.2) is 0 Å². The largest absolute Gasteiger partial charge is 0.460 e. The Balaban J connectivity index is 1.86. The molecule has 1 aromatic carbocycles. The maximum absolute atomic E-state index is 12.9. The molecule has 1 aliphatic carbocycles. The molecule has 1 heterocycles. The van der Waals surface area contributed by atoms with Crippen LogP contribution in [0.2, 0.25) is 0 Å². The first-order valence-corrected chi connectivity index (χ1v) is 9.99. The quantitative estimate of drug-likeness (QED) is 0.622. The third kappa shape index (κ3) is 5.65. The minimum atomic E-state index is -1.19. The van der Waals surface area contributed by atoms with Crippen molar-refractivity contribution in [3.8, 4) is 11.8 Å². The Bertz CT molecular complexity index is 907. The molecule has 3 rings (SSSR count). The molecule has 3 atom stereocenters. The summed E-state index contributed by atoms with van der Waals surface area (Å²) in [5.41, 5.74) is 0.617. The Labute approximate surface area is 172 Å². The third-order valence-electron chi connectivity index (χ3n) is 5.07. The zero-order valence-corrected chi connectivity index (χ0v) is 17.5. The van der Waals surface area contributed by atoms with Crippen LogP contribution in [-0.2, 0) is 9.53 Å². The predicted molar refractivity (Wildman–Crippen MR) is 111 cm³/mol. The fourth-order valence-electron chi connectivity index (χ4n) is 3.67. The van der Waals surface area contributed by atoms with Crippen LogP contribution in [0.25, 0.3) is 0 Å². The molecule has 5 heteroatoms. The first-order chi connectivity index (χ1) is 13.7. The lowest BCUT2D eigenvalue weighted by molar-refractivity contribution is -0.163. The van der Waals surface area contributed by atoms with E-state index in [4.69, 9.17) is 4.74 Å². The highest BCUT2D eigenvalue weighted by atomic mass is 16.6. The van der Waals surface area contributed by atoms with Crippen LogP contribution >= 0.6 is 0 Å². The van der Waals surface area contributed by atoms with Crippen LogP contribution in [0.1, 0.15) is 62.9 Å². The second-order valence-corrected chi connectivity index (χ2v) is 8.74. The van der Waals surface area contributed by atoms with Crippen LogP contribution in [-0.4, -0.2) is 32.5 Å². The topological polar surface area (TPSA) is 72.3 Å². The summed E-state index contributed by atoms with van der Waals surface area (Å²) >= 11 is 0. The SMILES string of the molecule is Cc1ccc(C#CC2(O)CC[C@@H](C(=O)OC(C)(C)C)[C@H](c3ccccc3)C2)nn1. The number of aromatic nitrogens is 2. The summed E-state index contributed by atoms with van der Waals surface area (Å²) < 4.78 is 5.66. The van der Waals surface area contributed by atoms with E-state index in [-0.39, 0.29) is 17.8 Å². The van der Waals surface area contributed by atoms with Crippen LogP contribution in [0.3, 0.4) is 0 Å². The van der Waals surface area contributed by atoms with Gasteiger partial charge in [-0.25, -0.2) is 0 Å². The summed E-state index contributed by atoms with van der Waals surface area (Å²) in [5.74, 6) is 5.25. The number of esters is 1. The van der Waals surface area contributed by atoms with Crippen molar-refractivity contribution in [2.75, 3.05) is 0 Å². The molecule has 152 valence electrons. The predicted octanol–water partition coefficient (Wildman–Crippen LogP) is 3.79. The van der Waals surface area contributed by atoms with E-state index in [1.807, 2.05) is 64.1 Å². The molecular weight excluding hydrogens is 364 g/mol. The van der Waals surface area contributed by atoms with Crippen LogP contribution in [0.15, 0.2) is 42.5 Å². The molecule has 1 saturated carbocycles. The highest BCUT2D eigenvalue weighted by Gasteiger charge is 2.43. The van der Waals surface area contributed by atoms with Gasteiger partial charge < -0.3 is 9.84 Å². The molecule has 29 heavy (non-hydrogen) atoms. The minimum absolute atomic E-state index is 0.164. The second kappa shape index (κ2) is 8.34. The number of benzene rings is 1. The molecule has 1 N–H and O–H groups in total. The first-order valence-electron chi connectivity index (χ1n) is 9.99. The molecule has 2 aromatic rings. The summed E-state index contributed by atoms with van der Waals surface area (Å²) in [6.07, 6.45) is 1.29. The van der Waals surface area contributed by atoms with Gasteiger partial charge in [-0.1, -0.05) is 36.3 Å². The normalized spacial score (nSPS) is 24.3. The third-order valence-corrected chi connectivity index (χ3v) is 5.07. The molecule has 1 fully saturated rings. The fourth-order valence-corrected chi connectivity index (χ4v) is 3.67. The van der Waals surface area contributed by atoms with Crippen molar-refractivity contribution in [3.05, 3.63) is 59.4 Å². The zero-order valence-electron chi connectivity index (χ0n) is 17.5. The molecule has 0 spiro atoms. The van der Waals surface area contributed by atoms with E-state index in [9.17, 15) is 9.90 Å². The Morgan fingerprint density at radius 2 is 1.90 bits per heavy atom. The minimum Gasteiger partial charge on any atom is -0.460 e. The molecule has 0 saturated heterocycles. The number of hydrogen-bond donors (Lipinski definition) is 1. The van der Waals surface area contributed by atoms with E-state index in [1.165, 1.54) is 0 Å². The summed E-state index contributed by atoms with van der Waals surface area (Å²) in [4.78, 5) is 12.9. The van der Waals surface area contributed by atoms with Crippen molar-refractivity contribution in [2.24, 2.45) is 5.92 Å². The fraction of sp³-hybridized carbons (Fsp3) is 0.458. The molecule has 0 amide bonds. The lowest BCUT2D eigenvalue weighted by Gasteiger charge is -2.39. The van der Waals surface area contributed by atoms with Crippen molar-refractivity contribution in [2.45, 2.75) is 64.1 Å². The van der Waals surface area contributed by atoms with Gasteiger partial charge in [-0.3, -0.25) is 4.79 Å². The van der Waals surface area contributed by atoms with E-state index in [2.05, 4.69) is 22.0 Å². The van der Waals surface area contributed by atoms with Crippen LogP contribution in [0.4, 0.5) is 0 Å². The van der Waals surface area contributed by atoms with Gasteiger partial charge in [0.2, 0.25) is 0 Å². The highest BCUT2D eigenvalue weighted by Crippen LogP contribution is 2.43. The number of aliphatic hydroxyl groups is 1. The average Bonchev–Trinajstić information content (AvgIpc) is 2.67. The summed E-state index contributed by atoms with van der Waals surface area (Å²) in [6, 6.07) is 13.5. The molecule has 0 bridgehead atoms. The van der Waals surface area contributed by atoms with Crippen LogP contribution in [0.5, 0.6) is 0 Å². The Kier molecular flexibility index (Phi) is 6.04. The molecule has 1 aliphatic rings. The van der Waals surface area contributed by atoms with Gasteiger partial charge in [-0.15, -0.1) is 5.10 Å². The Morgan fingerprint density at radius 3 is 2.52 bits per heavy atom. The molecule has 5 nitrogen and oxygen atoms in total. The van der Waals surface area contributed by atoms with Crippen molar-refractivity contribution >= 4 is 5.97 Å². The van der Waals surface area contributed by atoms with Gasteiger partial charge in [0.1, 0.15) is 16.9 Å². The van der Waals surface area contributed by atoms with Crippen LogP contribution < -0.4 is 0 Å². The molecular formula is C24H28N2O3. The van der Waals surface area contributed by atoms with Gasteiger partial charge in [-0.2, -0.15) is 5.10 Å². The van der Waals surface area contributed by atoms with Crippen molar-refractivity contribution in [3.63, 3.8) is 0 Å². The Hall–Kier alpha value is -2.71. The number of ether oxygens (including phenoxy) is 1. The van der Waals surface area contributed by atoms with Crippen molar-refractivity contribution in [1.29, 1.82) is 0 Å². The van der Waals surface area contributed by atoms with E-state index in [0.717, 1.165) is 11.3 Å². The van der Waals surface area contributed by atoms with Crippen LogP contribution in [0, 0.1) is 24.7 Å².